The molecule has 4 rings (SSSR count). The third-order valence-electron chi connectivity index (χ3n) is 4.71. The van der Waals surface area contributed by atoms with Gasteiger partial charge in [0.25, 0.3) is 0 Å². The number of fused-ring (bicyclic) bond motifs is 1. The molecule has 7 nitrogen and oxygen atoms in total. The van der Waals surface area contributed by atoms with E-state index in [0.29, 0.717) is 11.6 Å². The van der Waals surface area contributed by atoms with Gasteiger partial charge in [-0.15, -0.1) is 11.3 Å². The minimum Gasteiger partial charge on any atom is -0.492 e. The molecule has 1 atom stereocenters. The first kappa shape index (κ1) is 17.4. The van der Waals surface area contributed by atoms with Gasteiger partial charge in [-0.05, 0) is 44.3 Å². The summed E-state index contributed by atoms with van der Waals surface area (Å²) in [5, 5.41) is 16.8. The summed E-state index contributed by atoms with van der Waals surface area (Å²) in [5.74, 6) is 0.0148. The summed E-state index contributed by atoms with van der Waals surface area (Å²) in [6.07, 6.45) is 2.98. The SMILES string of the molecule is CCOC(=O)C1CCN([C@H](c2cccs2)c2sc3ncnn3c2O)CC1. The van der Waals surface area contributed by atoms with E-state index in [4.69, 9.17) is 4.74 Å². The van der Waals surface area contributed by atoms with Gasteiger partial charge in [-0.1, -0.05) is 17.4 Å². The minimum absolute atomic E-state index is 0.0360. The fraction of sp³-hybridized carbons (Fsp3) is 0.471. The largest absolute Gasteiger partial charge is 0.492 e. The molecule has 0 saturated carbocycles. The Kier molecular flexibility index (Phi) is 4.92. The first-order valence-electron chi connectivity index (χ1n) is 8.64. The van der Waals surface area contributed by atoms with Crippen LogP contribution in [0, 0.1) is 5.92 Å². The third kappa shape index (κ3) is 3.10. The molecule has 0 aliphatic carbocycles. The molecule has 138 valence electrons. The lowest BCUT2D eigenvalue weighted by molar-refractivity contribution is -0.149. The average molecular weight is 393 g/mol. The predicted octanol–water partition coefficient (Wildman–Crippen LogP) is 2.92. The number of aromatic nitrogens is 3. The van der Waals surface area contributed by atoms with Crippen molar-refractivity contribution in [2.24, 2.45) is 5.92 Å². The van der Waals surface area contributed by atoms with Crippen molar-refractivity contribution in [3.8, 4) is 5.88 Å². The van der Waals surface area contributed by atoms with E-state index in [2.05, 4.69) is 21.0 Å². The lowest BCUT2D eigenvalue weighted by atomic mass is 9.95. The molecule has 3 aromatic heterocycles. The van der Waals surface area contributed by atoms with Crippen molar-refractivity contribution in [3.05, 3.63) is 33.6 Å². The highest BCUT2D eigenvalue weighted by atomic mass is 32.1. The molecule has 0 bridgehead atoms. The lowest BCUT2D eigenvalue weighted by Crippen LogP contribution is -2.39. The van der Waals surface area contributed by atoms with Crippen LogP contribution < -0.4 is 0 Å². The number of thiophene rings is 1. The number of piperidine rings is 1. The van der Waals surface area contributed by atoms with E-state index in [1.807, 2.05) is 18.4 Å². The zero-order valence-electron chi connectivity index (χ0n) is 14.4. The van der Waals surface area contributed by atoms with Crippen molar-refractivity contribution in [2.45, 2.75) is 25.8 Å². The van der Waals surface area contributed by atoms with Crippen LogP contribution in [0.5, 0.6) is 5.88 Å². The molecule has 1 aliphatic heterocycles. The number of rotatable bonds is 5. The third-order valence-corrected chi connectivity index (χ3v) is 6.73. The number of aromatic hydroxyl groups is 1. The van der Waals surface area contributed by atoms with Gasteiger partial charge in [0, 0.05) is 4.88 Å². The molecule has 0 unspecified atom stereocenters. The molecule has 9 heteroatoms. The van der Waals surface area contributed by atoms with E-state index in [1.54, 1.807) is 11.3 Å². The second kappa shape index (κ2) is 7.34. The molecule has 0 amide bonds. The smallest absolute Gasteiger partial charge is 0.309 e. The lowest BCUT2D eigenvalue weighted by Gasteiger charge is -2.36. The molecule has 26 heavy (non-hydrogen) atoms. The average Bonchev–Trinajstić information content (AvgIpc) is 3.37. The van der Waals surface area contributed by atoms with Gasteiger partial charge in [0.1, 0.15) is 6.33 Å². The number of esters is 1. The summed E-state index contributed by atoms with van der Waals surface area (Å²) in [6.45, 7) is 3.81. The van der Waals surface area contributed by atoms with Crippen molar-refractivity contribution < 1.29 is 14.6 Å². The summed E-state index contributed by atoms with van der Waals surface area (Å²) < 4.78 is 6.65. The van der Waals surface area contributed by atoms with E-state index in [0.717, 1.165) is 30.8 Å². The highest BCUT2D eigenvalue weighted by Gasteiger charge is 2.34. The van der Waals surface area contributed by atoms with E-state index in [-0.39, 0.29) is 23.8 Å². The number of thiazole rings is 1. The molecule has 4 heterocycles. The number of carbonyl (C=O) groups excluding carboxylic acids is 1. The van der Waals surface area contributed by atoms with Crippen molar-refractivity contribution in [1.82, 2.24) is 19.5 Å². The van der Waals surface area contributed by atoms with Gasteiger partial charge in [0.2, 0.25) is 10.8 Å². The summed E-state index contributed by atoms with van der Waals surface area (Å²) in [6, 6.07) is 4.06. The van der Waals surface area contributed by atoms with Crippen molar-refractivity contribution >= 4 is 33.6 Å². The summed E-state index contributed by atoms with van der Waals surface area (Å²) in [5.41, 5.74) is 0. The first-order valence-corrected chi connectivity index (χ1v) is 10.3. The van der Waals surface area contributed by atoms with Gasteiger partial charge in [0.15, 0.2) is 0 Å². The van der Waals surface area contributed by atoms with Crippen LogP contribution in [0.1, 0.15) is 35.6 Å². The molecule has 1 fully saturated rings. The van der Waals surface area contributed by atoms with Gasteiger partial charge >= 0.3 is 5.97 Å². The first-order chi connectivity index (χ1) is 12.7. The van der Waals surface area contributed by atoms with Crippen LogP contribution in [0.15, 0.2) is 23.8 Å². The van der Waals surface area contributed by atoms with E-state index in [9.17, 15) is 9.90 Å². The van der Waals surface area contributed by atoms with Crippen LogP contribution in [-0.4, -0.2) is 50.3 Å². The quantitative estimate of drug-likeness (QED) is 0.673. The zero-order chi connectivity index (χ0) is 18.1. The van der Waals surface area contributed by atoms with E-state index in [1.165, 1.54) is 27.1 Å². The summed E-state index contributed by atoms with van der Waals surface area (Å²) in [4.78, 5) is 21.2. The summed E-state index contributed by atoms with van der Waals surface area (Å²) >= 11 is 3.13. The standard InChI is InChI=1S/C17H20N4O3S2/c1-2-24-16(23)11-5-7-20(8-6-11)13(12-4-3-9-25-12)14-15(22)21-17(26-14)18-10-19-21/h3-4,9-11,13,22H,2,5-8H2,1H3/t13-/m1/s1. The number of likely N-dealkylation sites (tertiary alicyclic amines) is 1. The zero-order valence-corrected chi connectivity index (χ0v) is 16.0. The fourth-order valence-electron chi connectivity index (χ4n) is 3.45. The Bertz CT molecular complexity index is 881. The van der Waals surface area contributed by atoms with Crippen LogP contribution in [0.3, 0.4) is 0 Å². The Morgan fingerprint density at radius 1 is 1.46 bits per heavy atom. The number of hydrogen-bond donors (Lipinski definition) is 1. The molecule has 1 N–H and O–H groups in total. The molecular formula is C17H20N4O3S2. The molecule has 0 aromatic carbocycles. The molecule has 3 aromatic rings. The summed E-state index contributed by atoms with van der Waals surface area (Å²) in [7, 11) is 0. The topological polar surface area (TPSA) is 80.0 Å². The molecular weight excluding hydrogens is 372 g/mol. The Labute approximate surface area is 158 Å². The molecule has 1 aliphatic rings. The van der Waals surface area contributed by atoms with E-state index < -0.39 is 0 Å². The van der Waals surface area contributed by atoms with Crippen LogP contribution in [0.4, 0.5) is 0 Å². The second-order valence-electron chi connectivity index (χ2n) is 6.22. The maximum atomic E-state index is 12.0. The maximum Gasteiger partial charge on any atom is 0.309 e. The van der Waals surface area contributed by atoms with Crippen molar-refractivity contribution in [2.75, 3.05) is 19.7 Å². The highest BCUT2D eigenvalue weighted by Crippen LogP contribution is 2.42. The van der Waals surface area contributed by atoms with Crippen LogP contribution >= 0.6 is 22.7 Å². The Morgan fingerprint density at radius 2 is 2.27 bits per heavy atom. The van der Waals surface area contributed by atoms with Crippen molar-refractivity contribution in [1.29, 1.82) is 0 Å². The number of ether oxygens (including phenoxy) is 1. The van der Waals surface area contributed by atoms with Crippen molar-refractivity contribution in [3.63, 3.8) is 0 Å². The highest BCUT2D eigenvalue weighted by molar-refractivity contribution is 7.17. The maximum absolute atomic E-state index is 12.0. The van der Waals surface area contributed by atoms with Gasteiger partial charge in [-0.2, -0.15) is 9.61 Å². The number of carbonyl (C=O) groups is 1. The fourth-order valence-corrected chi connectivity index (χ4v) is 5.47. The second-order valence-corrected chi connectivity index (χ2v) is 8.21. The van der Waals surface area contributed by atoms with Crippen LogP contribution in [0.25, 0.3) is 4.96 Å². The van der Waals surface area contributed by atoms with Gasteiger partial charge in [-0.25, -0.2) is 4.98 Å². The Hall–Kier alpha value is -1.97. The van der Waals surface area contributed by atoms with E-state index >= 15 is 0 Å². The Balaban J connectivity index is 1.60. The number of nitrogens with zero attached hydrogens (tertiary/aromatic N) is 4. The predicted molar refractivity (Wildman–Crippen MR) is 99.6 cm³/mol. The molecule has 0 radical (unpaired) electrons. The Morgan fingerprint density at radius 3 is 2.92 bits per heavy atom. The minimum atomic E-state index is -0.0959. The molecule has 0 spiro atoms. The normalized spacial score (nSPS) is 17.6. The van der Waals surface area contributed by atoms with Gasteiger partial charge < -0.3 is 9.84 Å². The van der Waals surface area contributed by atoms with Gasteiger partial charge in [0.05, 0.1) is 23.4 Å². The monoisotopic (exact) mass is 392 g/mol. The van der Waals surface area contributed by atoms with Gasteiger partial charge in [-0.3, -0.25) is 9.69 Å². The number of hydrogen-bond acceptors (Lipinski definition) is 8. The van der Waals surface area contributed by atoms with Crippen LogP contribution in [0.2, 0.25) is 0 Å². The molecule has 1 saturated heterocycles. The van der Waals surface area contributed by atoms with Crippen LogP contribution in [-0.2, 0) is 9.53 Å².